The molecule has 1 saturated heterocycles. The Hall–Kier alpha value is -0.0900. The molecule has 1 aliphatic heterocycles. The Bertz CT molecular complexity index is 339. The number of hydrogen-bond acceptors (Lipinski definition) is 3. The first-order chi connectivity index (χ1) is 7.52. The zero-order valence-corrected chi connectivity index (χ0v) is 11.1. The summed E-state index contributed by atoms with van der Waals surface area (Å²) in [5.74, 6) is 2.26. The molecule has 4 unspecified atom stereocenters. The molecule has 0 radical (unpaired) electrons. The molecule has 94 valence electrons. The van der Waals surface area contributed by atoms with Gasteiger partial charge in [0.05, 0.1) is 11.5 Å². The van der Waals surface area contributed by atoms with Crippen LogP contribution in [0.4, 0.5) is 0 Å². The molecule has 1 aliphatic carbocycles. The van der Waals surface area contributed by atoms with E-state index in [9.17, 15) is 8.42 Å². The molecule has 0 spiro atoms. The minimum atomic E-state index is -2.74. The summed E-state index contributed by atoms with van der Waals surface area (Å²) < 4.78 is 22.8. The summed E-state index contributed by atoms with van der Waals surface area (Å²) in [5.41, 5.74) is 0. The third kappa shape index (κ3) is 2.59. The molecule has 0 amide bonds. The van der Waals surface area contributed by atoms with E-state index in [1.54, 1.807) is 0 Å². The second-order valence-corrected chi connectivity index (χ2v) is 7.71. The first kappa shape index (κ1) is 12.4. The van der Waals surface area contributed by atoms with Crippen molar-refractivity contribution in [2.45, 2.75) is 51.6 Å². The topological polar surface area (TPSA) is 46.2 Å². The van der Waals surface area contributed by atoms with Gasteiger partial charge >= 0.3 is 0 Å². The van der Waals surface area contributed by atoms with Gasteiger partial charge in [-0.2, -0.15) is 0 Å². The van der Waals surface area contributed by atoms with E-state index in [4.69, 9.17) is 0 Å². The fourth-order valence-electron chi connectivity index (χ4n) is 3.29. The van der Waals surface area contributed by atoms with E-state index in [1.807, 2.05) is 0 Å². The van der Waals surface area contributed by atoms with Crippen LogP contribution in [0.15, 0.2) is 0 Å². The predicted octanol–water partition coefficient (Wildman–Crippen LogP) is 1.59. The fraction of sp³-hybridized carbons (Fsp3) is 1.00. The second kappa shape index (κ2) is 4.65. The molecule has 0 bridgehead atoms. The summed E-state index contributed by atoms with van der Waals surface area (Å²) in [5, 5.41) is 3.57. The average Bonchev–Trinajstić information content (AvgIpc) is 2.72. The van der Waals surface area contributed by atoms with Crippen molar-refractivity contribution < 1.29 is 8.42 Å². The van der Waals surface area contributed by atoms with Crippen molar-refractivity contribution >= 4 is 9.84 Å². The van der Waals surface area contributed by atoms with Gasteiger partial charge in [0.15, 0.2) is 9.84 Å². The molecule has 2 fully saturated rings. The lowest BCUT2D eigenvalue weighted by molar-refractivity contribution is 0.327. The fourth-order valence-corrected chi connectivity index (χ4v) is 4.97. The first-order valence-corrected chi connectivity index (χ1v) is 8.30. The highest BCUT2D eigenvalue weighted by Crippen LogP contribution is 2.34. The third-order valence-corrected chi connectivity index (χ3v) is 6.20. The van der Waals surface area contributed by atoms with Gasteiger partial charge in [-0.25, -0.2) is 8.42 Å². The molecule has 2 rings (SSSR count). The van der Waals surface area contributed by atoms with Crippen LogP contribution in [-0.4, -0.2) is 32.0 Å². The van der Waals surface area contributed by atoms with Gasteiger partial charge in [-0.05, 0) is 31.1 Å². The number of sulfone groups is 1. The Labute approximate surface area is 98.9 Å². The van der Waals surface area contributed by atoms with Crippen molar-refractivity contribution in [1.29, 1.82) is 0 Å². The average molecular weight is 245 g/mol. The monoisotopic (exact) mass is 245 g/mol. The molecule has 0 aromatic heterocycles. The van der Waals surface area contributed by atoms with E-state index in [1.165, 1.54) is 19.3 Å². The SMILES string of the molecule is CCC1CCC(NC2CCS(=O)(=O)C2)C1C. The van der Waals surface area contributed by atoms with Crippen molar-refractivity contribution in [3.63, 3.8) is 0 Å². The predicted molar refractivity (Wildman–Crippen MR) is 66.2 cm³/mol. The summed E-state index contributed by atoms with van der Waals surface area (Å²) in [4.78, 5) is 0. The van der Waals surface area contributed by atoms with Gasteiger partial charge in [0.25, 0.3) is 0 Å². The van der Waals surface area contributed by atoms with Crippen LogP contribution in [0, 0.1) is 11.8 Å². The number of hydrogen-bond donors (Lipinski definition) is 1. The molecule has 1 heterocycles. The van der Waals surface area contributed by atoms with E-state index in [2.05, 4.69) is 19.2 Å². The number of nitrogens with one attached hydrogen (secondary N) is 1. The molecule has 1 saturated carbocycles. The summed E-state index contributed by atoms with van der Waals surface area (Å²) >= 11 is 0. The van der Waals surface area contributed by atoms with E-state index >= 15 is 0 Å². The maximum absolute atomic E-state index is 11.4. The Balaban J connectivity index is 1.87. The molecule has 16 heavy (non-hydrogen) atoms. The van der Waals surface area contributed by atoms with Crippen molar-refractivity contribution in [3.05, 3.63) is 0 Å². The van der Waals surface area contributed by atoms with Crippen LogP contribution < -0.4 is 5.32 Å². The normalized spacial score (nSPS) is 42.6. The Morgan fingerprint density at radius 1 is 1.25 bits per heavy atom. The van der Waals surface area contributed by atoms with Crippen LogP contribution in [-0.2, 0) is 9.84 Å². The van der Waals surface area contributed by atoms with Crippen LogP contribution in [0.25, 0.3) is 0 Å². The smallest absolute Gasteiger partial charge is 0.151 e. The van der Waals surface area contributed by atoms with Gasteiger partial charge in [0.1, 0.15) is 0 Å². The van der Waals surface area contributed by atoms with Crippen LogP contribution in [0.3, 0.4) is 0 Å². The second-order valence-electron chi connectivity index (χ2n) is 5.48. The van der Waals surface area contributed by atoms with Gasteiger partial charge in [-0.1, -0.05) is 20.3 Å². The molecule has 4 atom stereocenters. The minimum Gasteiger partial charge on any atom is -0.310 e. The van der Waals surface area contributed by atoms with Crippen molar-refractivity contribution in [2.75, 3.05) is 11.5 Å². The van der Waals surface area contributed by atoms with Crippen molar-refractivity contribution in [1.82, 2.24) is 5.32 Å². The molecule has 1 N–H and O–H groups in total. The van der Waals surface area contributed by atoms with Crippen LogP contribution >= 0.6 is 0 Å². The van der Waals surface area contributed by atoms with E-state index in [0.717, 1.165) is 12.3 Å². The minimum absolute atomic E-state index is 0.216. The molecular formula is C12H23NO2S. The molecule has 4 heteroatoms. The molecule has 2 aliphatic rings. The zero-order chi connectivity index (χ0) is 11.8. The Morgan fingerprint density at radius 2 is 2.00 bits per heavy atom. The summed E-state index contributed by atoms with van der Waals surface area (Å²) in [6.07, 6.45) is 4.58. The third-order valence-electron chi connectivity index (χ3n) is 4.43. The van der Waals surface area contributed by atoms with E-state index in [0.29, 0.717) is 23.5 Å². The van der Waals surface area contributed by atoms with E-state index in [-0.39, 0.29) is 6.04 Å². The number of rotatable bonds is 3. The van der Waals surface area contributed by atoms with Crippen LogP contribution in [0.2, 0.25) is 0 Å². The highest BCUT2D eigenvalue weighted by atomic mass is 32.2. The van der Waals surface area contributed by atoms with E-state index < -0.39 is 9.84 Å². The Morgan fingerprint density at radius 3 is 2.50 bits per heavy atom. The zero-order valence-electron chi connectivity index (χ0n) is 10.3. The van der Waals surface area contributed by atoms with Crippen molar-refractivity contribution in [3.8, 4) is 0 Å². The van der Waals surface area contributed by atoms with Crippen LogP contribution in [0.5, 0.6) is 0 Å². The van der Waals surface area contributed by atoms with Gasteiger partial charge in [0, 0.05) is 12.1 Å². The maximum atomic E-state index is 11.4. The maximum Gasteiger partial charge on any atom is 0.151 e. The Kier molecular flexibility index (Phi) is 3.59. The van der Waals surface area contributed by atoms with Gasteiger partial charge in [-0.3, -0.25) is 0 Å². The lowest BCUT2D eigenvalue weighted by Crippen LogP contribution is -2.41. The van der Waals surface area contributed by atoms with Crippen molar-refractivity contribution in [2.24, 2.45) is 11.8 Å². The van der Waals surface area contributed by atoms with Crippen LogP contribution in [0.1, 0.15) is 39.5 Å². The van der Waals surface area contributed by atoms with Gasteiger partial charge in [-0.15, -0.1) is 0 Å². The van der Waals surface area contributed by atoms with Gasteiger partial charge < -0.3 is 5.32 Å². The lowest BCUT2D eigenvalue weighted by Gasteiger charge is -2.24. The molecule has 0 aromatic carbocycles. The standard InChI is InChI=1S/C12H23NO2S/c1-3-10-4-5-12(9(10)2)13-11-6-7-16(14,15)8-11/h9-13H,3-8H2,1-2H3. The van der Waals surface area contributed by atoms with Gasteiger partial charge in [0.2, 0.25) is 0 Å². The molecule has 0 aromatic rings. The molecular weight excluding hydrogens is 222 g/mol. The largest absolute Gasteiger partial charge is 0.310 e. The summed E-state index contributed by atoms with van der Waals surface area (Å²) in [6.45, 7) is 4.56. The highest BCUT2D eigenvalue weighted by Gasteiger charge is 2.35. The molecule has 3 nitrogen and oxygen atoms in total. The quantitative estimate of drug-likeness (QED) is 0.821. The summed E-state index contributed by atoms with van der Waals surface area (Å²) in [6, 6.07) is 0.760. The first-order valence-electron chi connectivity index (χ1n) is 6.48. The lowest BCUT2D eigenvalue weighted by atomic mass is 9.93. The summed E-state index contributed by atoms with van der Waals surface area (Å²) in [7, 11) is -2.74. The highest BCUT2D eigenvalue weighted by molar-refractivity contribution is 7.91.